The van der Waals surface area contributed by atoms with E-state index in [1.54, 1.807) is 11.4 Å². The first-order chi connectivity index (χ1) is 11.7. The third-order valence-corrected chi connectivity index (χ3v) is 7.28. The van der Waals surface area contributed by atoms with Crippen LogP contribution in [0.4, 0.5) is 5.13 Å². The van der Waals surface area contributed by atoms with Gasteiger partial charge >= 0.3 is 0 Å². The van der Waals surface area contributed by atoms with Gasteiger partial charge in [0.15, 0.2) is 5.13 Å². The number of thiophene rings is 1. The number of nitrogens with one attached hydrogen (secondary N) is 2. The topological polar surface area (TPSA) is 91.4 Å². The van der Waals surface area contributed by atoms with Gasteiger partial charge in [0.2, 0.25) is 15.9 Å². The van der Waals surface area contributed by atoms with E-state index in [-0.39, 0.29) is 10.1 Å². The molecule has 0 aromatic carbocycles. The van der Waals surface area contributed by atoms with Crippen LogP contribution in [0.25, 0.3) is 10.4 Å². The van der Waals surface area contributed by atoms with E-state index < -0.39 is 10.0 Å². The zero-order chi connectivity index (χ0) is 18.6. The molecule has 1 amide bonds. The Morgan fingerprint density at radius 3 is 2.72 bits per heavy atom. The largest absolute Gasteiger partial charge is 0.309 e. The summed E-state index contributed by atoms with van der Waals surface area (Å²) in [6.45, 7) is 4.49. The number of thiazole rings is 1. The zero-order valence-electron chi connectivity index (χ0n) is 14.6. The van der Waals surface area contributed by atoms with Gasteiger partial charge in [-0.15, -0.1) is 11.3 Å². The molecule has 0 aliphatic heterocycles. The number of anilines is 1. The molecule has 7 nitrogen and oxygen atoms in total. The summed E-state index contributed by atoms with van der Waals surface area (Å²) in [6.07, 6.45) is 0.749. The minimum absolute atomic E-state index is 0.184. The maximum absolute atomic E-state index is 12.4. The van der Waals surface area contributed by atoms with Gasteiger partial charge in [-0.05, 0) is 40.1 Å². The number of aryl methyl sites for hydroxylation is 1. The fourth-order valence-electron chi connectivity index (χ4n) is 2.12. The van der Waals surface area contributed by atoms with Gasteiger partial charge < -0.3 is 10.2 Å². The van der Waals surface area contributed by atoms with Crippen molar-refractivity contribution in [1.29, 1.82) is 0 Å². The molecule has 10 heteroatoms. The van der Waals surface area contributed by atoms with Crippen LogP contribution in [0.15, 0.2) is 15.7 Å². The molecule has 2 N–H and O–H groups in total. The first-order valence-corrected chi connectivity index (χ1v) is 10.9. The van der Waals surface area contributed by atoms with Gasteiger partial charge in [-0.2, -0.15) is 0 Å². The second kappa shape index (κ2) is 8.37. The van der Waals surface area contributed by atoms with Gasteiger partial charge in [-0.25, -0.2) is 18.1 Å². The zero-order valence-corrected chi connectivity index (χ0v) is 17.1. The molecule has 138 valence electrons. The van der Waals surface area contributed by atoms with Crippen molar-refractivity contribution in [2.75, 3.05) is 32.5 Å². The molecule has 25 heavy (non-hydrogen) atoms. The summed E-state index contributed by atoms with van der Waals surface area (Å²) in [7, 11) is 0.396. The van der Waals surface area contributed by atoms with Crippen LogP contribution in [0.3, 0.4) is 0 Å². The Bertz CT molecular complexity index is 840. The molecule has 0 spiro atoms. The van der Waals surface area contributed by atoms with Gasteiger partial charge in [0.05, 0.1) is 10.6 Å². The van der Waals surface area contributed by atoms with Gasteiger partial charge in [-0.3, -0.25) is 4.79 Å². The lowest BCUT2D eigenvalue weighted by Gasteiger charge is -2.09. The average Bonchev–Trinajstić information content (AvgIpc) is 3.10. The predicted molar refractivity (Wildman–Crippen MR) is 103 cm³/mol. The van der Waals surface area contributed by atoms with E-state index in [0.717, 1.165) is 29.1 Å². The van der Waals surface area contributed by atoms with Crippen LogP contribution < -0.4 is 10.0 Å². The van der Waals surface area contributed by atoms with Gasteiger partial charge in [0, 0.05) is 24.4 Å². The molecule has 2 rings (SSSR count). The standard InChI is InChI=1S/C15H22N4O3S3/c1-10-14(24-15(17-10)18-11(2)20)12-8-13(23-9-12)25(21,22)16-6-5-7-19(3)4/h8-9,16H,5-7H2,1-4H3,(H,17,18,20). The Kier molecular flexibility index (Phi) is 6.69. The van der Waals surface area contributed by atoms with Crippen molar-refractivity contribution in [3.63, 3.8) is 0 Å². The van der Waals surface area contributed by atoms with Crippen LogP contribution in [0.1, 0.15) is 19.0 Å². The highest BCUT2D eigenvalue weighted by molar-refractivity contribution is 7.91. The molecule has 0 bridgehead atoms. The SMILES string of the molecule is CC(=O)Nc1nc(C)c(-c2csc(S(=O)(=O)NCCCN(C)C)c2)s1. The fourth-order valence-corrected chi connectivity index (χ4v) is 5.48. The number of amides is 1. The van der Waals surface area contributed by atoms with Crippen LogP contribution in [-0.2, 0) is 14.8 Å². The van der Waals surface area contributed by atoms with Crippen molar-refractivity contribution in [3.8, 4) is 10.4 Å². The van der Waals surface area contributed by atoms with Crippen LogP contribution in [0, 0.1) is 6.92 Å². The number of carbonyl (C=O) groups is 1. The number of aromatic nitrogens is 1. The smallest absolute Gasteiger partial charge is 0.250 e. The van der Waals surface area contributed by atoms with Crippen molar-refractivity contribution in [2.45, 2.75) is 24.5 Å². The summed E-state index contributed by atoms with van der Waals surface area (Å²) >= 11 is 2.51. The lowest BCUT2D eigenvalue weighted by Crippen LogP contribution is -2.26. The summed E-state index contributed by atoms with van der Waals surface area (Å²) in [5.41, 5.74) is 1.56. The minimum Gasteiger partial charge on any atom is -0.309 e. The number of hydrogen-bond donors (Lipinski definition) is 2. The van der Waals surface area contributed by atoms with Crippen molar-refractivity contribution in [3.05, 3.63) is 17.1 Å². The molecule has 0 unspecified atom stereocenters. The molecule has 0 aliphatic rings. The van der Waals surface area contributed by atoms with E-state index in [0.29, 0.717) is 11.7 Å². The van der Waals surface area contributed by atoms with Crippen molar-refractivity contribution in [1.82, 2.24) is 14.6 Å². The molecule has 2 aromatic rings. The second-order valence-corrected chi connectivity index (χ2v) is 9.73. The fraction of sp³-hybridized carbons (Fsp3) is 0.467. The Labute approximate surface area is 156 Å². The number of sulfonamides is 1. The van der Waals surface area contributed by atoms with E-state index >= 15 is 0 Å². The quantitative estimate of drug-likeness (QED) is 0.662. The van der Waals surface area contributed by atoms with Gasteiger partial charge in [-0.1, -0.05) is 11.3 Å². The van der Waals surface area contributed by atoms with E-state index in [1.165, 1.54) is 29.6 Å². The summed E-state index contributed by atoms with van der Waals surface area (Å²) in [4.78, 5) is 18.3. The molecule has 0 saturated carbocycles. The number of rotatable bonds is 8. The molecular weight excluding hydrogens is 380 g/mol. The molecule has 2 aromatic heterocycles. The summed E-state index contributed by atoms with van der Waals surface area (Å²) < 4.78 is 27.7. The normalized spacial score (nSPS) is 11.9. The molecule has 0 atom stereocenters. The predicted octanol–water partition coefficient (Wildman–Crippen LogP) is 2.37. The molecule has 0 radical (unpaired) electrons. The number of nitrogens with zero attached hydrogens (tertiary/aromatic N) is 2. The van der Waals surface area contributed by atoms with Gasteiger partial charge in [0.25, 0.3) is 0 Å². The lowest BCUT2D eigenvalue weighted by molar-refractivity contribution is -0.114. The summed E-state index contributed by atoms with van der Waals surface area (Å²) in [5.74, 6) is -0.184. The van der Waals surface area contributed by atoms with Crippen LogP contribution in [-0.4, -0.2) is 51.4 Å². The van der Waals surface area contributed by atoms with E-state index in [1.807, 2.05) is 25.9 Å². The summed E-state index contributed by atoms with van der Waals surface area (Å²) in [6, 6.07) is 1.65. The first kappa shape index (κ1) is 20.0. The molecule has 2 heterocycles. The van der Waals surface area contributed by atoms with Crippen LogP contribution in [0.2, 0.25) is 0 Å². The van der Waals surface area contributed by atoms with Crippen molar-refractivity contribution in [2.24, 2.45) is 0 Å². The third-order valence-electron chi connectivity index (χ3n) is 3.26. The van der Waals surface area contributed by atoms with Gasteiger partial charge in [0.1, 0.15) is 4.21 Å². The average molecular weight is 403 g/mol. The molecule has 0 saturated heterocycles. The highest BCUT2D eigenvalue weighted by Crippen LogP contribution is 2.36. The maximum atomic E-state index is 12.4. The van der Waals surface area contributed by atoms with Crippen molar-refractivity contribution >= 4 is 43.7 Å². The molecule has 0 aliphatic carbocycles. The molecular formula is C15H22N4O3S3. The number of carbonyl (C=O) groups excluding carboxylic acids is 1. The van der Waals surface area contributed by atoms with Crippen molar-refractivity contribution < 1.29 is 13.2 Å². The third kappa shape index (κ3) is 5.58. The lowest BCUT2D eigenvalue weighted by atomic mass is 10.2. The molecule has 0 fully saturated rings. The monoisotopic (exact) mass is 402 g/mol. The Hall–Kier alpha value is -1.33. The van der Waals surface area contributed by atoms with E-state index in [4.69, 9.17) is 0 Å². The van der Waals surface area contributed by atoms with Crippen LogP contribution >= 0.6 is 22.7 Å². The number of hydrogen-bond acceptors (Lipinski definition) is 7. The second-order valence-electron chi connectivity index (χ2n) is 5.82. The van der Waals surface area contributed by atoms with Crippen LogP contribution in [0.5, 0.6) is 0 Å². The Morgan fingerprint density at radius 1 is 1.36 bits per heavy atom. The van der Waals surface area contributed by atoms with E-state index in [2.05, 4.69) is 15.0 Å². The Balaban J connectivity index is 2.11. The first-order valence-electron chi connectivity index (χ1n) is 7.67. The highest BCUT2D eigenvalue weighted by Gasteiger charge is 2.19. The van der Waals surface area contributed by atoms with E-state index in [9.17, 15) is 13.2 Å². The summed E-state index contributed by atoms with van der Waals surface area (Å²) in [5, 5.41) is 4.96. The highest BCUT2D eigenvalue weighted by atomic mass is 32.2. The maximum Gasteiger partial charge on any atom is 0.250 e. The minimum atomic E-state index is -3.51. The Morgan fingerprint density at radius 2 is 2.08 bits per heavy atom.